The van der Waals surface area contributed by atoms with E-state index >= 15 is 0 Å². The molecule has 0 aliphatic rings. The minimum Gasteiger partial charge on any atom is -0.497 e. The molecule has 0 bridgehead atoms. The summed E-state index contributed by atoms with van der Waals surface area (Å²) in [7, 11) is -1.78. The number of rotatable bonds is 8. The summed E-state index contributed by atoms with van der Waals surface area (Å²) in [5.41, 5.74) is 2.26. The molecule has 0 aliphatic heterocycles. The summed E-state index contributed by atoms with van der Waals surface area (Å²) in [5, 5.41) is 16.4. The van der Waals surface area contributed by atoms with Crippen molar-refractivity contribution >= 4 is 44.3 Å². The normalized spacial score (nSPS) is 11.0. The predicted molar refractivity (Wildman–Crippen MR) is 141 cm³/mol. The summed E-state index contributed by atoms with van der Waals surface area (Å²) in [6.07, 6.45) is 0. The molecule has 37 heavy (non-hydrogen) atoms. The van der Waals surface area contributed by atoms with E-state index in [-0.39, 0.29) is 17.1 Å². The van der Waals surface area contributed by atoms with Crippen molar-refractivity contribution in [1.82, 2.24) is 4.98 Å². The largest absolute Gasteiger partial charge is 0.497 e. The average molecular weight is 518 g/mol. The van der Waals surface area contributed by atoms with E-state index in [1.807, 2.05) is 30.3 Å². The lowest BCUT2D eigenvalue weighted by Crippen LogP contribution is -2.25. The third-order valence-corrected chi connectivity index (χ3v) is 6.59. The van der Waals surface area contributed by atoms with Gasteiger partial charge < -0.3 is 15.4 Å². The van der Waals surface area contributed by atoms with Crippen molar-refractivity contribution in [2.24, 2.45) is 0 Å². The number of hydrogen-bond acceptors (Lipinski definition) is 7. The summed E-state index contributed by atoms with van der Waals surface area (Å²) in [6.45, 7) is 0.346. The van der Waals surface area contributed by atoms with Crippen molar-refractivity contribution in [3.8, 4) is 11.8 Å². The van der Waals surface area contributed by atoms with Gasteiger partial charge in [-0.2, -0.15) is 13.7 Å². The van der Waals surface area contributed by atoms with E-state index in [2.05, 4.69) is 21.7 Å². The minimum absolute atomic E-state index is 0.0438. The Hall–Kier alpha value is -4.66. The molecule has 4 aromatic rings. The third kappa shape index (κ3) is 5.61. The zero-order valence-electron chi connectivity index (χ0n) is 20.0. The summed E-state index contributed by atoms with van der Waals surface area (Å²) in [5.74, 6) is 0.168. The molecule has 0 aliphatic carbocycles. The highest BCUT2D eigenvalue weighted by atomic mass is 32.2. The van der Waals surface area contributed by atoms with Gasteiger partial charge in [-0.25, -0.2) is 4.98 Å². The summed E-state index contributed by atoms with van der Waals surface area (Å²) >= 11 is 0. The zero-order valence-corrected chi connectivity index (χ0v) is 20.8. The fraction of sp³-hybridized carbons (Fsp3) is 0.115. The van der Waals surface area contributed by atoms with Gasteiger partial charge in [0.05, 0.1) is 24.0 Å². The number of nitrogens with zero attached hydrogens (tertiary/aromatic N) is 3. The van der Waals surface area contributed by atoms with E-state index in [1.165, 1.54) is 26.3 Å². The number of carbonyl (C=O) groups is 1. The topological polar surface area (TPSA) is 145 Å². The van der Waals surface area contributed by atoms with Crippen molar-refractivity contribution in [3.05, 3.63) is 89.5 Å². The quantitative estimate of drug-likeness (QED) is 0.295. The maximum absolute atomic E-state index is 12.9. The summed E-state index contributed by atoms with van der Waals surface area (Å²) in [4.78, 5) is 17.4. The molecule has 0 saturated carbocycles. The second-order valence-corrected chi connectivity index (χ2v) is 9.43. The van der Waals surface area contributed by atoms with Gasteiger partial charge in [0.25, 0.3) is 5.91 Å². The second-order valence-electron chi connectivity index (χ2n) is 7.99. The van der Waals surface area contributed by atoms with E-state index in [0.717, 1.165) is 5.56 Å². The van der Waals surface area contributed by atoms with Gasteiger partial charge in [0.1, 0.15) is 17.4 Å². The molecule has 3 N–H and O–H groups in total. The Morgan fingerprint density at radius 3 is 2.43 bits per heavy atom. The number of nitrogens with one attached hydrogen (secondary N) is 2. The van der Waals surface area contributed by atoms with Gasteiger partial charge in [-0.15, -0.1) is 0 Å². The van der Waals surface area contributed by atoms with Crippen LogP contribution >= 0.6 is 0 Å². The highest BCUT2D eigenvalue weighted by molar-refractivity contribution is 7.87. The molecule has 11 heteroatoms. The Bertz CT molecular complexity index is 1600. The first-order chi connectivity index (χ1) is 17.7. The van der Waals surface area contributed by atoms with E-state index in [0.29, 0.717) is 38.8 Å². The Balaban J connectivity index is 1.81. The number of pyridine rings is 1. The first-order valence-corrected chi connectivity index (χ1v) is 12.4. The van der Waals surface area contributed by atoms with Crippen molar-refractivity contribution in [1.29, 1.82) is 5.26 Å². The van der Waals surface area contributed by atoms with Crippen molar-refractivity contribution < 1.29 is 22.5 Å². The van der Waals surface area contributed by atoms with Gasteiger partial charge in [0.15, 0.2) is 5.82 Å². The number of anilines is 3. The molecule has 0 saturated heterocycles. The summed E-state index contributed by atoms with van der Waals surface area (Å²) < 4.78 is 38.7. The lowest BCUT2D eigenvalue weighted by atomic mass is 10.1. The van der Waals surface area contributed by atoms with Crippen LogP contribution in [-0.2, 0) is 16.8 Å². The molecule has 10 nitrogen and oxygen atoms in total. The molecule has 0 spiro atoms. The molecule has 0 radical (unpaired) electrons. The number of carbonyl (C=O) groups excluding carboxylic acids is 1. The Kier molecular flexibility index (Phi) is 7.24. The highest BCUT2D eigenvalue weighted by Gasteiger charge is 2.21. The van der Waals surface area contributed by atoms with Crippen LogP contribution in [0.1, 0.15) is 21.5 Å². The van der Waals surface area contributed by atoms with Gasteiger partial charge in [-0.3, -0.25) is 13.7 Å². The lowest BCUT2D eigenvalue weighted by Gasteiger charge is -2.19. The molecular weight excluding hydrogens is 494 g/mol. The number of amides is 1. The van der Waals surface area contributed by atoms with Gasteiger partial charge in [-0.05, 0) is 48.0 Å². The molecule has 0 atom stereocenters. The van der Waals surface area contributed by atoms with Crippen LogP contribution in [0.2, 0.25) is 0 Å². The number of nitriles is 1. The van der Waals surface area contributed by atoms with Gasteiger partial charge in [0.2, 0.25) is 0 Å². The molecule has 0 unspecified atom stereocenters. The number of fused-ring (bicyclic) bond motifs is 1. The van der Waals surface area contributed by atoms with E-state index in [9.17, 15) is 23.0 Å². The SMILES string of the molecule is COc1ccc(C(=O)Nc2nc3ccc(N(C)S(=O)(=O)O)cc3c(NCc3ccccc3)c2C#N)cc1. The van der Waals surface area contributed by atoms with E-state index in [1.54, 1.807) is 30.3 Å². The summed E-state index contributed by atoms with van der Waals surface area (Å²) in [6, 6.07) is 22.6. The molecule has 4 rings (SSSR count). The monoisotopic (exact) mass is 517 g/mol. The standard InChI is InChI=1S/C26H23N5O5S/c1-31(37(33,34)35)19-10-13-23-21(14-19)24(28-16-17-6-4-3-5-7-17)22(15-27)25(29-23)30-26(32)18-8-11-20(36-2)12-9-18/h3-14H,16H2,1-2H3,(H,33,34,35)(H2,28,29,30,32). The fourth-order valence-electron chi connectivity index (χ4n) is 3.67. The van der Waals surface area contributed by atoms with Gasteiger partial charge in [0, 0.05) is 24.5 Å². The average Bonchev–Trinajstić information content (AvgIpc) is 2.91. The van der Waals surface area contributed by atoms with Crippen LogP contribution in [0.3, 0.4) is 0 Å². The Morgan fingerprint density at radius 1 is 1.11 bits per heavy atom. The van der Waals surface area contributed by atoms with Crippen LogP contribution in [0.5, 0.6) is 5.75 Å². The maximum atomic E-state index is 12.9. The van der Waals surface area contributed by atoms with Gasteiger partial charge >= 0.3 is 10.3 Å². The van der Waals surface area contributed by atoms with Gasteiger partial charge in [-0.1, -0.05) is 30.3 Å². The number of ether oxygens (including phenoxy) is 1. The van der Waals surface area contributed by atoms with Crippen LogP contribution in [0, 0.1) is 11.3 Å². The molecule has 1 heterocycles. The molecule has 0 fully saturated rings. The van der Waals surface area contributed by atoms with Crippen molar-refractivity contribution in [2.45, 2.75) is 6.54 Å². The van der Waals surface area contributed by atoms with Crippen LogP contribution in [0.4, 0.5) is 17.2 Å². The number of aromatic nitrogens is 1. The Labute approximate surface area is 214 Å². The lowest BCUT2D eigenvalue weighted by molar-refractivity contribution is 0.102. The smallest absolute Gasteiger partial charge is 0.359 e. The molecule has 3 aromatic carbocycles. The van der Waals surface area contributed by atoms with E-state index < -0.39 is 16.2 Å². The second kappa shape index (κ2) is 10.5. The fourth-order valence-corrected chi connectivity index (χ4v) is 4.05. The first kappa shape index (κ1) is 25.4. The highest BCUT2D eigenvalue weighted by Crippen LogP contribution is 2.34. The third-order valence-electron chi connectivity index (χ3n) is 5.69. The molecule has 1 amide bonds. The van der Waals surface area contributed by atoms with Crippen LogP contribution < -0.4 is 19.7 Å². The van der Waals surface area contributed by atoms with Crippen LogP contribution in [-0.4, -0.2) is 38.0 Å². The zero-order chi connectivity index (χ0) is 26.6. The first-order valence-electron chi connectivity index (χ1n) is 11.0. The number of benzene rings is 3. The van der Waals surface area contributed by atoms with Crippen LogP contribution in [0.15, 0.2) is 72.8 Å². The predicted octanol–water partition coefficient (Wildman–Crippen LogP) is 4.22. The molecule has 1 aromatic heterocycles. The minimum atomic E-state index is -4.51. The Morgan fingerprint density at radius 2 is 1.81 bits per heavy atom. The van der Waals surface area contributed by atoms with Crippen molar-refractivity contribution in [3.63, 3.8) is 0 Å². The maximum Gasteiger partial charge on any atom is 0.359 e. The number of methoxy groups -OCH3 is 1. The molecule has 188 valence electrons. The molecular formula is C26H23N5O5S. The van der Waals surface area contributed by atoms with Crippen molar-refractivity contribution in [2.75, 3.05) is 29.1 Å². The van der Waals surface area contributed by atoms with Crippen LogP contribution in [0.25, 0.3) is 10.9 Å². The number of hydrogen-bond donors (Lipinski definition) is 3. The van der Waals surface area contributed by atoms with E-state index in [4.69, 9.17) is 4.74 Å².